The maximum absolute atomic E-state index is 15.2. The average molecular weight is 689 g/mol. The summed E-state index contributed by atoms with van der Waals surface area (Å²) < 4.78 is 24.7. The lowest BCUT2D eigenvalue weighted by atomic mass is 9.79. The molecule has 2 fully saturated rings. The molecule has 258 valence electrons. The van der Waals surface area contributed by atoms with Crippen LogP contribution in [0.5, 0.6) is 5.88 Å². The Hall–Kier alpha value is -4.70. The number of amides is 1. The zero-order valence-corrected chi connectivity index (χ0v) is 29.3. The van der Waals surface area contributed by atoms with Gasteiger partial charge in [-0.3, -0.25) is 9.69 Å². The maximum atomic E-state index is 15.2. The predicted molar refractivity (Wildman–Crippen MR) is 185 cm³/mol. The van der Waals surface area contributed by atoms with E-state index in [1.54, 1.807) is 16.6 Å². The number of carbonyl (C=O) groups excluding carboxylic acids is 1. The maximum Gasteiger partial charge on any atom is 0.267 e. The summed E-state index contributed by atoms with van der Waals surface area (Å²) in [4.78, 5) is 27.8. The molecular formula is C33H41FN12O2S. The molecule has 1 amide bonds. The monoisotopic (exact) mass is 688 g/mol. The van der Waals surface area contributed by atoms with Crippen LogP contribution in [0.4, 0.5) is 15.9 Å². The van der Waals surface area contributed by atoms with Crippen LogP contribution in [0.25, 0.3) is 22.5 Å². The number of hydrogen-bond donors (Lipinski definition) is 2. The van der Waals surface area contributed by atoms with Gasteiger partial charge in [-0.1, -0.05) is 6.07 Å². The normalized spacial score (nSPS) is 19.7. The fraction of sp³-hybridized carbons (Fsp3) is 0.485. The number of nitrogens with two attached hydrogens (primary N) is 1. The molecule has 7 rings (SSSR count). The summed E-state index contributed by atoms with van der Waals surface area (Å²) in [6.45, 7) is 12.1. The standard InChI is InChI=1S/C33H41FN12O2S/c1-19-39-31(48-22-14-32(2,3)43(6)33(4,5)15-22)28(49-19)30(47)40-21-8-7-11-44(16-21)26-13-25(46-27(26)29(35)36-17-38-46)20-9-10-24(23(34)12-20)45-18-37-41-42-45/h9-10,12-13,17-18,21-22H,7-8,11,14-16H2,1-6H3,(H,40,47)(H2,35,36,38)/t21-/m1/s1. The van der Waals surface area contributed by atoms with Crippen molar-refractivity contribution >= 4 is 34.3 Å². The number of aromatic nitrogens is 8. The van der Waals surface area contributed by atoms with Crippen LogP contribution in [0.15, 0.2) is 36.9 Å². The van der Waals surface area contributed by atoms with E-state index in [4.69, 9.17) is 10.5 Å². The number of hydrogen-bond acceptors (Lipinski definition) is 12. The van der Waals surface area contributed by atoms with Crippen LogP contribution in [-0.2, 0) is 0 Å². The van der Waals surface area contributed by atoms with Gasteiger partial charge in [-0.25, -0.2) is 18.9 Å². The minimum Gasteiger partial charge on any atom is -0.473 e. The molecule has 0 radical (unpaired) electrons. The van der Waals surface area contributed by atoms with Gasteiger partial charge in [0.05, 0.1) is 16.4 Å². The largest absolute Gasteiger partial charge is 0.473 e. The lowest BCUT2D eigenvalue weighted by Gasteiger charge is -2.53. The highest BCUT2D eigenvalue weighted by Gasteiger charge is 2.44. The number of piperidine rings is 2. The number of fused-ring (bicyclic) bond motifs is 1. The van der Waals surface area contributed by atoms with Gasteiger partial charge in [0, 0.05) is 48.6 Å². The van der Waals surface area contributed by atoms with Crippen molar-refractivity contribution in [3.05, 3.63) is 52.6 Å². The van der Waals surface area contributed by atoms with E-state index in [1.807, 2.05) is 13.0 Å². The van der Waals surface area contributed by atoms with E-state index in [0.29, 0.717) is 39.9 Å². The van der Waals surface area contributed by atoms with Crippen LogP contribution < -0.4 is 20.7 Å². The first kappa shape index (κ1) is 32.8. The number of nitrogen functional groups attached to an aromatic ring is 1. The van der Waals surface area contributed by atoms with Crippen LogP contribution in [0.3, 0.4) is 0 Å². The van der Waals surface area contributed by atoms with E-state index >= 15 is 4.39 Å². The van der Waals surface area contributed by atoms with Crippen molar-refractivity contribution < 1.29 is 13.9 Å². The average Bonchev–Trinajstić information content (AvgIpc) is 3.79. The number of nitrogens with zero attached hydrogens (tertiary/aromatic N) is 10. The van der Waals surface area contributed by atoms with E-state index < -0.39 is 5.82 Å². The van der Waals surface area contributed by atoms with E-state index in [0.717, 1.165) is 42.9 Å². The molecule has 16 heteroatoms. The number of nitrogens with one attached hydrogen (secondary N) is 1. The minimum atomic E-state index is -0.492. The fourth-order valence-corrected chi connectivity index (χ4v) is 8.09. The Morgan fingerprint density at radius 1 is 1.14 bits per heavy atom. The van der Waals surface area contributed by atoms with Crippen molar-refractivity contribution in [1.29, 1.82) is 0 Å². The third-order valence-electron chi connectivity index (χ3n) is 9.96. The van der Waals surface area contributed by atoms with Crippen LogP contribution in [0.1, 0.15) is 68.1 Å². The smallest absolute Gasteiger partial charge is 0.267 e. The minimum absolute atomic E-state index is 0.0592. The fourth-order valence-electron chi connectivity index (χ4n) is 7.34. The molecule has 14 nitrogen and oxygen atoms in total. The highest BCUT2D eigenvalue weighted by molar-refractivity contribution is 7.13. The quantitative estimate of drug-likeness (QED) is 0.251. The molecule has 6 heterocycles. The molecule has 5 aromatic rings. The number of halogens is 1. The van der Waals surface area contributed by atoms with Crippen molar-refractivity contribution in [2.75, 3.05) is 30.8 Å². The lowest BCUT2D eigenvalue weighted by molar-refractivity contribution is -0.0566. The SMILES string of the molecule is Cc1nc(OC2CC(C)(C)N(C)C(C)(C)C2)c(C(=O)N[C@@H]2CCCN(c3cc(-c4ccc(-n5cnnn5)c(F)c4)n4ncnc(N)c34)C2)s1. The molecule has 0 saturated carbocycles. The van der Waals surface area contributed by atoms with Gasteiger partial charge >= 0.3 is 0 Å². The molecule has 0 unspecified atom stereocenters. The molecule has 2 aliphatic rings. The molecule has 2 saturated heterocycles. The predicted octanol–water partition coefficient (Wildman–Crippen LogP) is 4.29. The summed E-state index contributed by atoms with van der Waals surface area (Å²) in [7, 11) is 2.16. The molecule has 1 atom stereocenters. The third kappa shape index (κ3) is 6.18. The van der Waals surface area contributed by atoms with Crippen molar-refractivity contribution in [3.63, 3.8) is 0 Å². The Balaban J connectivity index is 1.11. The van der Waals surface area contributed by atoms with Gasteiger partial charge in [0.25, 0.3) is 5.91 Å². The van der Waals surface area contributed by atoms with E-state index in [2.05, 4.69) is 80.5 Å². The summed E-state index contributed by atoms with van der Waals surface area (Å²) in [5.74, 6) is 0.0202. The van der Waals surface area contributed by atoms with Gasteiger partial charge in [0.2, 0.25) is 5.88 Å². The van der Waals surface area contributed by atoms with Crippen molar-refractivity contribution in [2.24, 2.45) is 0 Å². The second-order valence-electron chi connectivity index (χ2n) is 14.2. The molecule has 0 bridgehead atoms. The second kappa shape index (κ2) is 12.3. The summed E-state index contributed by atoms with van der Waals surface area (Å²) in [6.07, 6.45) is 5.97. The van der Waals surface area contributed by atoms with Crippen LogP contribution in [0, 0.1) is 12.7 Å². The summed E-state index contributed by atoms with van der Waals surface area (Å²) >= 11 is 1.35. The Labute approximate surface area is 287 Å². The molecule has 2 aliphatic heterocycles. The van der Waals surface area contributed by atoms with Crippen LogP contribution in [0.2, 0.25) is 0 Å². The van der Waals surface area contributed by atoms with Crippen molar-refractivity contribution in [1.82, 2.24) is 50.0 Å². The first-order valence-electron chi connectivity index (χ1n) is 16.4. The van der Waals surface area contributed by atoms with E-state index in [-0.39, 0.29) is 34.8 Å². The third-order valence-corrected chi connectivity index (χ3v) is 10.9. The van der Waals surface area contributed by atoms with E-state index in [9.17, 15) is 4.79 Å². The molecule has 4 aromatic heterocycles. The highest BCUT2D eigenvalue weighted by Crippen LogP contribution is 2.40. The highest BCUT2D eigenvalue weighted by atomic mass is 32.1. The summed E-state index contributed by atoms with van der Waals surface area (Å²) in [6, 6.07) is 6.62. The van der Waals surface area contributed by atoms with Gasteiger partial charge in [-0.15, -0.1) is 16.4 Å². The number of aryl methyl sites for hydroxylation is 1. The Kier molecular flexibility index (Phi) is 8.25. The van der Waals surface area contributed by atoms with Crippen LogP contribution >= 0.6 is 11.3 Å². The zero-order chi connectivity index (χ0) is 34.7. The Bertz CT molecular complexity index is 1990. The van der Waals surface area contributed by atoms with Gasteiger partial charge in [0.1, 0.15) is 35.8 Å². The Morgan fingerprint density at radius 2 is 1.92 bits per heavy atom. The number of tetrazole rings is 1. The number of carbonyl (C=O) groups is 1. The van der Waals surface area contributed by atoms with Gasteiger partial charge < -0.3 is 20.7 Å². The lowest BCUT2D eigenvalue weighted by Crippen LogP contribution is -2.60. The van der Waals surface area contributed by atoms with Crippen molar-refractivity contribution in [3.8, 4) is 22.8 Å². The molecule has 1 aromatic carbocycles. The van der Waals surface area contributed by atoms with Gasteiger partial charge in [-0.2, -0.15) is 9.78 Å². The zero-order valence-electron chi connectivity index (χ0n) is 28.5. The summed E-state index contributed by atoms with van der Waals surface area (Å²) in [5.41, 5.74) is 9.19. The molecule has 0 spiro atoms. The van der Waals surface area contributed by atoms with Gasteiger partial charge in [0.15, 0.2) is 10.7 Å². The number of anilines is 2. The van der Waals surface area contributed by atoms with Gasteiger partial charge in [-0.05, 0) is 83.1 Å². The number of thiazole rings is 1. The first-order valence-corrected chi connectivity index (χ1v) is 17.2. The summed E-state index contributed by atoms with van der Waals surface area (Å²) in [5, 5.41) is 19.5. The first-order chi connectivity index (χ1) is 23.3. The molecule has 3 N–H and O–H groups in total. The van der Waals surface area contributed by atoms with E-state index in [1.165, 1.54) is 34.7 Å². The second-order valence-corrected chi connectivity index (χ2v) is 15.4. The topological polar surface area (TPSA) is 158 Å². The molecule has 49 heavy (non-hydrogen) atoms. The number of ether oxygens (including phenoxy) is 1. The number of rotatable bonds is 7. The number of likely N-dealkylation sites (tertiary alicyclic amines) is 1. The van der Waals surface area contributed by atoms with Crippen molar-refractivity contribution in [2.45, 2.75) is 83.5 Å². The van der Waals surface area contributed by atoms with Crippen LogP contribution in [-0.4, -0.2) is 94.0 Å². The molecular weight excluding hydrogens is 648 g/mol. The Morgan fingerprint density at radius 3 is 2.63 bits per heavy atom. The number of benzene rings is 1. The molecule has 0 aliphatic carbocycles.